The summed E-state index contributed by atoms with van der Waals surface area (Å²) in [4.78, 5) is 9.37. The van der Waals surface area contributed by atoms with Gasteiger partial charge in [0, 0.05) is 25.9 Å². The van der Waals surface area contributed by atoms with E-state index in [1.54, 1.807) is 14.0 Å². The fourth-order valence-corrected chi connectivity index (χ4v) is 1.23. The third-order valence-corrected chi connectivity index (χ3v) is 2.17. The molecule has 3 nitrogen and oxygen atoms in total. The Morgan fingerprint density at radius 3 is 2.61 bits per heavy atom. The van der Waals surface area contributed by atoms with Crippen LogP contribution in [0.1, 0.15) is 13.3 Å². The van der Waals surface area contributed by atoms with Gasteiger partial charge in [0.05, 0.1) is 7.11 Å². The molecule has 0 unspecified atom stereocenters. The van der Waals surface area contributed by atoms with Gasteiger partial charge in [-0.05, 0) is 0 Å². The first-order valence-electron chi connectivity index (χ1n) is 5.33. The maximum atomic E-state index is 9.37. The molecule has 0 spiro atoms. The molecule has 0 saturated heterocycles. The molecule has 0 amide bonds. The zero-order chi connectivity index (χ0) is 12.7. The van der Waals surface area contributed by atoms with E-state index in [0.717, 1.165) is 16.5 Å². The normalized spacial score (nSPS) is 8.78. The average Bonchev–Trinajstić information content (AvgIpc) is 2.38. The molecule has 0 radical (unpaired) electrons. The number of benzene rings is 2. The van der Waals surface area contributed by atoms with Crippen LogP contribution in [0, 0.1) is 6.07 Å². The maximum Gasteiger partial charge on any atom is 0.303 e. The van der Waals surface area contributed by atoms with Gasteiger partial charge < -0.3 is 9.84 Å². The zero-order valence-electron chi connectivity index (χ0n) is 10.6. The molecule has 0 saturated carbocycles. The van der Waals surface area contributed by atoms with Crippen LogP contribution in [0.5, 0.6) is 5.75 Å². The zero-order valence-corrected chi connectivity index (χ0v) is 13.6. The minimum atomic E-state index is -0.745. The number of carbonyl (C=O) groups is 1. The van der Waals surface area contributed by atoms with Gasteiger partial charge in [-0.3, -0.25) is 4.79 Å². The second kappa shape index (κ2) is 8.65. The van der Waals surface area contributed by atoms with Crippen molar-refractivity contribution in [2.75, 3.05) is 7.11 Å². The van der Waals surface area contributed by atoms with Crippen LogP contribution in [-0.2, 0) is 24.3 Å². The predicted molar refractivity (Wildman–Crippen MR) is 67.3 cm³/mol. The van der Waals surface area contributed by atoms with Gasteiger partial charge in [-0.2, -0.15) is 0 Å². The Labute approximate surface area is 120 Å². The molecule has 0 bridgehead atoms. The maximum absolute atomic E-state index is 9.37. The first-order valence-corrected chi connectivity index (χ1v) is 5.33. The first kappa shape index (κ1) is 16.6. The molecule has 18 heavy (non-hydrogen) atoms. The number of rotatable bonds is 2. The van der Waals surface area contributed by atoms with Gasteiger partial charge in [-0.1, -0.05) is 19.1 Å². The molecule has 1 N–H and O–H groups in total. The summed E-state index contributed by atoms with van der Waals surface area (Å²) in [5, 5.41) is 10.0. The Morgan fingerprint density at radius 1 is 1.39 bits per heavy atom. The van der Waals surface area contributed by atoms with Gasteiger partial charge in [0.15, 0.2) is 0 Å². The van der Waals surface area contributed by atoms with E-state index in [0.29, 0.717) is 0 Å². The van der Waals surface area contributed by atoms with Crippen molar-refractivity contribution >= 4 is 16.7 Å². The fourth-order valence-electron chi connectivity index (χ4n) is 1.23. The number of aliphatic carboxylic acids is 1. The third-order valence-electron chi connectivity index (χ3n) is 2.17. The summed E-state index contributed by atoms with van der Waals surface area (Å²) in [5.74, 6) is 0.145. The minimum Gasteiger partial charge on any atom is -0.498 e. The van der Waals surface area contributed by atoms with Crippen molar-refractivity contribution in [2.45, 2.75) is 13.3 Å². The summed E-state index contributed by atoms with van der Waals surface area (Å²) in [6.07, 6.45) is 0.222. The van der Waals surface area contributed by atoms with Gasteiger partial charge >= 0.3 is 5.97 Å². The molecule has 0 fully saturated rings. The number of carboxylic acid groups (broad SMARTS) is 1. The largest absolute Gasteiger partial charge is 0.498 e. The number of hydrogen-bond acceptors (Lipinski definition) is 2. The molecule has 0 heterocycles. The summed E-state index contributed by atoms with van der Waals surface area (Å²) < 4.78 is 5.11. The number of carboxylic acids is 1. The molecule has 0 aliphatic heterocycles. The number of ether oxygens (including phenoxy) is 1. The number of hydrogen-bond donors (Lipinski definition) is 1. The first-order chi connectivity index (χ1) is 8.17. The van der Waals surface area contributed by atoms with E-state index in [1.807, 2.05) is 36.4 Å². The van der Waals surface area contributed by atoms with Crippen molar-refractivity contribution in [3.8, 4) is 5.75 Å². The van der Waals surface area contributed by atoms with Gasteiger partial charge in [0.2, 0.25) is 0 Å². The molecule has 0 aliphatic carbocycles. The second-order valence-electron chi connectivity index (χ2n) is 3.37. The van der Waals surface area contributed by atoms with E-state index in [-0.39, 0.29) is 25.9 Å². The smallest absolute Gasteiger partial charge is 0.303 e. The van der Waals surface area contributed by atoms with Crippen molar-refractivity contribution in [3.05, 3.63) is 42.5 Å². The van der Waals surface area contributed by atoms with E-state index in [1.165, 1.54) is 0 Å². The van der Waals surface area contributed by atoms with E-state index in [4.69, 9.17) is 9.84 Å². The van der Waals surface area contributed by atoms with E-state index in [9.17, 15) is 4.79 Å². The Bertz CT molecular complexity index is 497. The summed E-state index contributed by atoms with van der Waals surface area (Å²) in [5.41, 5.74) is 0. The van der Waals surface area contributed by atoms with Crippen molar-refractivity contribution < 1.29 is 34.1 Å². The van der Waals surface area contributed by atoms with Crippen molar-refractivity contribution in [1.82, 2.24) is 0 Å². The van der Waals surface area contributed by atoms with Crippen LogP contribution < -0.4 is 4.74 Å². The van der Waals surface area contributed by atoms with Crippen LogP contribution in [0.15, 0.2) is 36.4 Å². The number of fused-ring (bicyclic) bond motifs is 1. The van der Waals surface area contributed by atoms with Gasteiger partial charge in [-0.15, -0.1) is 41.1 Å². The van der Waals surface area contributed by atoms with E-state index < -0.39 is 5.97 Å². The quantitative estimate of drug-likeness (QED) is 0.684. The molecule has 92 valence electrons. The Hall–Kier alpha value is -1.41. The standard InChI is InChI=1S/C11H9O.C3H6O2.Zn/c1-12-11-7-6-9-4-2-3-5-10(9)8-11;1-2-3(4)5;/h2-3,5-8H,1H3;2H2,1H3,(H,4,5);/q-1;;. The van der Waals surface area contributed by atoms with Crippen LogP contribution >= 0.6 is 0 Å². The van der Waals surface area contributed by atoms with Crippen LogP contribution in [0.4, 0.5) is 0 Å². The average molecular weight is 297 g/mol. The minimum absolute atomic E-state index is 0. The Balaban J connectivity index is 0.000000421. The van der Waals surface area contributed by atoms with Crippen LogP contribution in [-0.4, -0.2) is 18.2 Å². The summed E-state index contributed by atoms with van der Waals surface area (Å²) in [6.45, 7) is 1.60. The summed E-state index contributed by atoms with van der Waals surface area (Å²) in [7, 11) is 1.67. The van der Waals surface area contributed by atoms with Crippen LogP contribution in [0.3, 0.4) is 0 Å². The van der Waals surface area contributed by atoms with Crippen molar-refractivity contribution in [3.63, 3.8) is 0 Å². The van der Waals surface area contributed by atoms with Crippen LogP contribution in [0.2, 0.25) is 0 Å². The molecule has 0 atom stereocenters. The number of methoxy groups -OCH3 is 1. The third kappa shape index (κ3) is 5.28. The SMILES string of the molecule is CCC(=O)O.COc1ccc2[c-]cccc2c1.[Zn]. The van der Waals surface area contributed by atoms with Gasteiger partial charge in [-0.25, -0.2) is 0 Å². The fraction of sp³-hybridized carbons (Fsp3) is 0.214. The van der Waals surface area contributed by atoms with Crippen molar-refractivity contribution in [1.29, 1.82) is 0 Å². The monoisotopic (exact) mass is 295 g/mol. The van der Waals surface area contributed by atoms with Gasteiger partial charge in [0.25, 0.3) is 0 Å². The Morgan fingerprint density at radius 2 is 2.06 bits per heavy atom. The molecule has 0 aliphatic rings. The summed E-state index contributed by atoms with van der Waals surface area (Å²) >= 11 is 0. The Kier molecular flexibility index (Phi) is 7.97. The van der Waals surface area contributed by atoms with Crippen molar-refractivity contribution in [2.24, 2.45) is 0 Å². The molecule has 2 rings (SSSR count). The van der Waals surface area contributed by atoms with E-state index in [2.05, 4.69) is 6.07 Å². The topological polar surface area (TPSA) is 46.5 Å². The molecule has 4 heteroatoms. The van der Waals surface area contributed by atoms with Gasteiger partial charge in [0.1, 0.15) is 5.75 Å². The molecular formula is C14H15O3Zn-. The predicted octanol–water partition coefficient (Wildman–Crippen LogP) is 3.13. The molecule has 2 aromatic rings. The summed E-state index contributed by atoms with van der Waals surface area (Å²) in [6, 6.07) is 15.0. The molecule has 0 aromatic heterocycles. The second-order valence-corrected chi connectivity index (χ2v) is 3.37. The molecular weight excluding hydrogens is 282 g/mol. The van der Waals surface area contributed by atoms with E-state index >= 15 is 0 Å². The van der Waals surface area contributed by atoms with Crippen LogP contribution in [0.25, 0.3) is 10.8 Å². The molecule has 2 aromatic carbocycles.